The minimum atomic E-state index is -0.148. The fraction of sp³-hybridized carbons (Fsp3) is 0.0536. The third-order valence-corrected chi connectivity index (χ3v) is 11.9. The fourth-order valence-electron chi connectivity index (χ4n) is 8.91. The number of benzene rings is 8. The zero-order valence-electron chi connectivity index (χ0n) is 32.8. The molecule has 11 rings (SSSR count). The molecule has 3 heteroatoms. The number of rotatable bonds is 6. The van der Waals surface area contributed by atoms with Crippen molar-refractivity contribution < 1.29 is 9.47 Å². The topological polar surface area (TPSA) is 31.4 Å². The number of pyridine rings is 1. The van der Waals surface area contributed by atoms with E-state index in [0.717, 1.165) is 67.4 Å². The van der Waals surface area contributed by atoms with Gasteiger partial charge in [-0.2, -0.15) is 0 Å². The largest absolute Gasteiger partial charge is 0.449 e. The van der Waals surface area contributed by atoms with E-state index in [4.69, 9.17) is 14.5 Å². The Morgan fingerprint density at radius 2 is 0.831 bits per heavy atom. The zero-order valence-corrected chi connectivity index (χ0v) is 32.8. The number of ether oxygens (including phenoxy) is 2. The Morgan fingerprint density at radius 1 is 0.339 bits per heavy atom. The summed E-state index contributed by atoms with van der Waals surface area (Å²) in [4.78, 5) is 5.39. The molecule has 1 aliphatic carbocycles. The second-order valence-electron chi connectivity index (χ2n) is 15.9. The first-order valence-corrected chi connectivity index (χ1v) is 20.2. The van der Waals surface area contributed by atoms with Crippen LogP contribution in [0.5, 0.6) is 23.0 Å². The molecule has 2 heterocycles. The van der Waals surface area contributed by atoms with Gasteiger partial charge in [0.15, 0.2) is 23.0 Å². The van der Waals surface area contributed by atoms with Crippen molar-refractivity contribution in [3.63, 3.8) is 0 Å². The Hall–Kier alpha value is -7.49. The number of hydrogen-bond acceptors (Lipinski definition) is 3. The van der Waals surface area contributed by atoms with Crippen molar-refractivity contribution in [3.8, 4) is 101 Å². The average Bonchev–Trinajstić information content (AvgIpc) is 3.54. The summed E-state index contributed by atoms with van der Waals surface area (Å²) in [6.45, 7) is 4.57. The monoisotopic (exact) mass is 757 g/mol. The fourth-order valence-corrected chi connectivity index (χ4v) is 8.91. The first-order valence-electron chi connectivity index (χ1n) is 20.2. The van der Waals surface area contributed by atoms with Crippen molar-refractivity contribution in [3.05, 3.63) is 211 Å². The van der Waals surface area contributed by atoms with Crippen molar-refractivity contribution >= 4 is 0 Å². The van der Waals surface area contributed by atoms with Gasteiger partial charge >= 0.3 is 0 Å². The molecule has 3 nitrogen and oxygen atoms in total. The molecule has 0 saturated carbocycles. The third-order valence-electron chi connectivity index (χ3n) is 11.9. The standard InChI is InChI=1S/C56H39NO2/c1-56(2)47-27-10-9-25-46(47)53-48(56)29-30-52-55(53)59-54-45(26-14-28-51(54)58-52)41-22-13-24-43(33-41)50-35-44(40-21-11-19-38(31-40)36-15-5-3-6-16-36)34-49(57-50)42-23-12-20-39(32-42)37-17-7-4-8-18-37/h3-35H,1-2H3. The van der Waals surface area contributed by atoms with Gasteiger partial charge in [0, 0.05) is 27.7 Å². The van der Waals surface area contributed by atoms with Gasteiger partial charge in [-0.3, -0.25) is 0 Å². The number of fused-ring (bicyclic) bond motifs is 6. The second-order valence-corrected chi connectivity index (χ2v) is 15.9. The number of para-hydroxylation sites is 1. The van der Waals surface area contributed by atoms with E-state index in [1.165, 1.54) is 33.4 Å². The maximum absolute atomic E-state index is 7.01. The van der Waals surface area contributed by atoms with E-state index in [1.807, 2.05) is 12.1 Å². The Morgan fingerprint density at radius 3 is 1.51 bits per heavy atom. The van der Waals surface area contributed by atoms with Gasteiger partial charge in [0.2, 0.25) is 0 Å². The van der Waals surface area contributed by atoms with Gasteiger partial charge in [-0.05, 0) is 98.1 Å². The first kappa shape index (κ1) is 34.7. The third kappa shape index (κ3) is 6.02. The van der Waals surface area contributed by atoms with E-state index in [-0.39, 0.29) is 5.41 Å². The van der Waals surface area contributed by atoms with E-state index in [0.29, 0.717) is 11.5 Å². The molecule has 2 aliphatic rings. The lowest BCUT2D eigenvalue weighted by Crippen LogP contribution is -2.15. The summed E-state index contributed by atoms with van der Waals surface area (Å²) >= 11 is 0. The predicted octanol–water partition coefficient (Wildman–Crippen LogP) is 15.3. The maximum atomic E-state index is 7.01. The van der Waals surface area contributed by atoms with Crippen LogP contribution in [0.15, 0.2) is 200 Å². The molecule has 0 N–H and O–H groups in total. The Bertz CT molecular complexity index is 2970. The summed E-state index contributed by atoms with van der Waals surface area (Å²) in [5.74, 6) is 2.91. The van der Waals surface area contributed by atoms with Crippen LogP contribution in [0.25, 0.3) is 78.1 Å². The summed E-state index contributed by atoms with van der Waals surface area (Å²) in [6.07, 6.45) is 0. The lowest BCUT2D eigenvalue weighted by Gasteiger charge is -2.26. The quantitative estimate of drug-likeness (QED) is 0.169. The van der Waals surface area contributed by atoms with Crippen LogP contribution in [0.4, 0.5) is 0 Å². The first-order chi connectivity index (χ1) is 29.0. The highest BCUT2D eigenvalue weighted by Gasteiger charge is 2.39. The van der Waals surface area contributed by atoms with Crippen LogP contribution < -0.4 is 9.47 Å². The minimum absolute atomic E-state index is 0.148. The van der Waals surface area contributed by atoms with E-state index in [1.54, 1.807) is 0 Å². The molecule has 8 aromatic carbocycles. The van der Waals surface area contributed by atoms with Crippen LogP contribution >= 0.6 is 0 Å². The van der Waals surface area contributed by atoms with Gasteiger partial charge in [0.05, 0.1) is 11.4 Å². The van der Waals surface area contributed by atoms with Gasteiger partial charge < -0.3 is 9.47 Å². The van der Waals surface area contributed by atoms with Crippen LogP contribution in [0.3, 0.4) is 0 Å². The summed E-state index contributed by atoms with van der Waals surface area (Å²) < 4.78 is 13.6. The predicted molar refractivity (Wildman–Crippen MR) is 241 cm³/mol. The highest BCUT2D eigenvalue weighted by molar-refractivity contribution is 5.90. The van der Waals surface area contributed by atoms with Crippen molar-refractivity contribution in [1.29, 1.82) is 0 Å². The van der Waals surface area contributed by atoms with Crippen LogP contribution in [0.2, 0.25) is 0 Å². The molecule has 0 radical (unpaired) electrons. The highest BCUT2D eigenvalue weighted by Crippen LogP contribution is 2.59. The average molecular weight is 758 g/mol. The molecule has 59 heavy (non-hydrogen) atoms. The summed E-state index contributed by atoms with van der Waals surface area (Å²) in [7, 11) is 0. The molecule has 0 atom stereocenters. The molecular weight excluding hydrogens is 719 g/mol. The van der Waals surface area contributed by atoms with E-state index in [9.17, 15) is 0 Å². The van der Waals surface area contributed by atoms with Crippen LogP contribution in [-0.4, -0.2) is 4.98 Å². The lowest BCUT2D eigenvalue weighted by molar-refractivity contribution is 0.361. The number of nitrogens with zero attached hydrogens (tertiary/aromatic N) is 1. The normalized spacial score (nSPS) is 13.0. The molecule has 0 unspecified atom stereocenters. The van der Waals surface area contributed by atoms with Gasteiger partial charge in [0.1, 0.15) is 0 Å². The Kier molecular flexibility index (Phi) is 8.16. The van der Waals surface area contributed by atoms with Gasteiger partial charge in [-0.15, -0.1) is 0 Å². The molecular formula is C56H39NO2. The molecule has 0 spiro atoms. The van der Waals surface area contributed by atoms with Gasteiger partial charge in [-0.1, -0.05) is 172 Å². The molecule has 0 fully saturated rings. The van der Waals surface area contributed by atoms with Crippen LogP contribution in [0.1, 0.15) is 25.0 Å². The molecule has 0 bridgehead atoms. The van der Waals surface area contributed by atoms with Crippen molar-refractivity contribution in [2.45, 2.75) is 19.3 Å². The van der Waals surface area contributed by atoms with Crippen LogP contribution in [-0.2, 0) is 5.41 Å². The molecule has 0 saturated heterocycles. The lowest BCUT2D eigenvalue weighted by atomic mass is 9.82. The van der Waals surface area contributed by atoms with E-state index in [2.05, 4.69) is 202 Å². The number of aromatic nitrogens is 1. The van der Waals surface area contributed by atoms with E-state index < -0.39 is 0 Å². The SMILES string of the molecule is CC1(C)c2ccccc2-c2c1ccc1c2Oc2c(cccc2-c2cccc(-c3cc(-c4cccc(-c5ccccc5)c4)cc(-c4cccc(-c5ccccc5)c4)n3)c2)O1. The Balaban J connectivity index is 1.03. The van der Waals surface area contributed by atoms with Gasteiger partial charge in [-0.25, -0.2) is 4.98 Å². The minimum Gasteiger partial charge on any atom is -0.449 e. The molecule has 280 valence electrons. The molecule has 0 amide bonds. The highest BCUT2D eigenvalue weighted by atomic mass is 16.6. The molecule has 1 aromatic heterocycles. The van der Waals surface area contributed by atoms with Gasteiger partial charge in [0.25, 0.3) is 0 Å². The van der Waals surface area contributed by atoms with E-state index >= 15 is 0 Å². The van der Waals surface area contributed by atoms with Crippen LogP contribution in [0, 0.1) is 0 Å². The zero-order chi connectivity index (χ0) is 39.5. The molecule has 1 aliphatic heterocycles. The maximum Gasteiger partial charge on any atom is 0.178 e. The summed E-state index contributed by atoms with van der Waals surface area (Å²) in [5.41, 5.74) is 17.5. The smallest absolute Gasteiger partial charge is 0.178 e. The van der Waals surface area contributed by atoms with Crippen molar-refractivity contribution in [1.82, 2.24) is 4.98 Å². The summed E-state index contributed by atoms with van der Waals surface area (Å²) in [6, 6.07) is 70.6. The van der Waals surface area contributed by atoms with Crippen molar-refractivity contribution in [2.75, 3.05) is 0 Å². The number of hydrogen-bond donors (Lipinski definition) is 0. The molecule has 9 aromatic rings. The van der Waals surface area contributed by atoms with Crippen molar-refractivity contribution in [2.24, 2.45) is 0 Å². The Labute approximate surface area is 344 Å². The second kappa shape index (κ2) is 13.9. The summed E-state index contributed by atoms with van der Waals surface area (Å²) in [5, 5.41) is 0.